The topological polar surface area (TPSA) is 94.8 Å². The fraction of sp³-hybridized carbons (Fsp3) is 0.125. The highest BCUT2D eigenvalue weighted by Gasteiger charge is 2.27. The molecule has 5 heteroatoms. The molecule has 1 unspecified atom stereocenters. The van der Waals surface area contributed by atoms with Gasteiger partial charge in [-0.05, 0) is 35.4 Å². The van der Waals surface area contributed by atoms with Crippen LogP contribution in [0.4, 0.5) is 0 Å². The van der Waals surface area contributed by atoms with Crippen LogP contribution in [0.2, 0.25) is 0 Å². The molecule has 2 rings (SSSR count). The zero-order chi connectivity index (χ0) is 15.4. The summed E-state index contributed by atoms with van der Waals surface area (Å²) < 4.78 is 0. The van der Waals surface area contributed by atoms with E-state index in [9.17, 15) is 24.9 Å². The van der Waals surface area contributed by atoms with Gasteiger partial charge in [0.1, 0.15) is 17.4 Å². The minimum Gasteiger partial charge on any atom is -0.508 e. The molecule has 108 valence electrons. The molecule has 0 saturated heterocycles. The van der Waals surface area contributed by atoms with Gasteiger partial charge in [-0.25, -0.2) is 0 Å². The SMILES string of the molecule is O=C(O)C(C(=O)Cc1ccc(O)cc1)c1ccc(O)cc1. The summed E-state index contributed by atoms with van der Waals surface area (Å²) >= 11 is 0. The highest BCUT2D eigenvalue weighted by molar-refractivity contribution is 6.04. The first-order valence-electron chi connectivity index (χ1n) is 6.29. The zero-order valence-corrected chi connectivity index (χ0v) is 11.1. The Kier molecular flexibility index (Phi) is 4.23. The summed E-state index contributed by atoms with van der Waals surface area (Å²) in [5.74, 6) is -2.88. The van der Waals surface area contributed by atoms with Crippen LogP contribution in [0.5, 0.6) is 11.5 Å². The van der Waals surface area contributed by atoms with E-state index >= 15 is 0 Å². The van der Waals surface area contributed by atoms with Gasteiger partial charge in [0.05, 0.1) is 0 Å². The maximum Gasteiger partial charge on any atom is 0.318 e. The van der Waals surface area contributed by atoms with Gasteiger partial charge in [0.15, 0.2) is 5.78 Å². The van der Waals surface area contributed by atoms with Crippen molar-refractivity contribution in [2.45, 2.75) is 12.3 Å². The van der Waals surface area contributed by atoms with Crippen molar-refractivity contribution in [1.29, 1.82) is 0 Å². The summed E-state index contributed by atoms with van der Waals surface area (Å²) in [5.41, 5.74) is 0.951. The lowest BCUT2D eigenvalue weighted by molar-refractivity contribution is -0.142. The molecule has 0 radical (unpaired) electrons. The maximum atomic E-state index is 12.2. The van der Waals surface area contributed by atoms with E-state index in [-0.39, 0.29) is 17.9 Å². The Bertz CT molecular complexity index is 643. The first-order chi connectivity index (χ1) is 9.97. The van der Waals surface area contributed by atoms with E-state index in [1.54, 1.807) is 12.1 Å². The van der Waals surface area contributed by atoms with Crippen LogP contribution in [0.3, 0.4) is 0 Å². The Morgan fingerprint density at radius 1 is 0.857 bits per heavy atom. The molecule has 0 spiro atoms. The van der Waals surface area contributed by atoms with E-state index < -0.39 is 17.7 Å². The molecule has 0 fully saturated rings. The third-order valence-corrected chi connectivity index (χ3v) is 3.11. The van der Waals surface area contributed by atoms with E-state index in [0.29, 0.717) is 11.1 Å². The predicted molar refractivity (Wildman–Crippen MR) is 75.3 cm³/mol. The molecule has 1 atom stereocenters. The largest absolute Gasteiger partial charge is 0.508 e. The summed E-state index contributed by atoms with van der Waals surface area (Å²) in [6.07, 6.45) is -0.0435. The summed E-state index contributed by atoms with van der Waals surface area (Å²) in [6, 6.07) is 11.6. The number of rotatable bonds is 5. The smallest absolute Gasteiger partial charge is 0.318 e. The van der Waals surface area contributed by atoms with E-state index in [1.807, 2.05) is 0 Å². The van der Waals surface area contributed by atoms with Crippen LogP contribution in [-0.4, -0.2) is 27.1 Å². The number of phenolic OH excluding ortho intramolecular Hbond substituents is 2. The van der Waals surface area contributed by atoms with Gasteiger partial charge in [-0.3, -0.25) is 9.59 Å². The normalized spacial score (nSPS) is 11.8. The molecule has 0 aliphatic rings. The highest BCUT2D eigenvalue weighted by Crippen LogP contribution is 2.22. The second kappa shape index (κ2) is 6.09. The average Bonchev–Trinajstić information content (AvgIpc) is 2.43. The Morgan fingerprint density at radius 2 is 1.33 bits per heavy atom. The number of ketones is 1. The van der Waals surface area contributed by atoms with E-state index in [1.165, 1.54) is 36.4 Å². The van der Waals surface area contributed by atoms with Crippen molar-refractivity contribution in [2.24, 2.45) is 0 Å². The lowest BCUT2D eigenvalue weighted by atomic mass is 9.91. The van der Waals surface area contributed by atoms with Crippen LogP contribution >= 0.6 is 0 Å². The van der Waals surface area contributed by atoms with Gasteiger partial charge in [-0.15, -0.1) is 0 Å². The molecule has 5 nitrogen and oxygen atoms in total. The molecule has 0 aliphatic carbocycles. The number of aromatic hydroxyl groups is 2. The summed E-state index contributed by atoms with van der Waals surface area (Å²) in [4.78, 5) is 23.6. The van der Waals surface area contributed by atoms with Gasteiger partial charge < -0.3 is 15.3 Å². The molecule has 0 aliphatic heterocycles. The molecule has 2 aromatic rings. The predicted octanol–water partition coefficient (Wildman–Crippen LogP) is 2.08. The number of carboxylic acid groups (broad SMARTS) is 1. The number of phenols is 2. The van der Waals surface area contributed by atoms with E-state index in [0.717, 1.165) is 0 Å². The summed E-state index contributed by atoms with van der Waals surface area (Å²) in [5, 5.41) is 27.7. The standard InChI is InChI=1S/C16H14O5/c17-12-5-1-10(2-6-12)9-14(19)15(16(20)21)11-3-7-13(18)8-4-11/h1-8,15,17-18H,9H2,(H,20,21). The van der Waals surface area contributed by atoms with Gasteiger partial charge in [-0.1, -0.05) is 24.3 Å². The third kappa shape index (κ3) is 3.60. The molecular weight excluding hydrogens is 272 g/mol. The van der Waals surface area contributed by atoms with Crippen LogP contribution in [0.1, 0.15) is 17.0 Å². The number of benzene rings is 2. The average molecular weight is 286 g/mol. The van der Waals surface area contributed by atoms with Gasteiger partial charge in [0.2, 0.25) is 0 Å². The summed E-state index contributed by atoms with van der Waals surface area (Å²) in [6.45, 7) is 0. The van der Waals surface area contributed by atoms with Crippen LogP contribution in [0.15, 0.2) is 48.5 Å². The number of hydrogen-bond donors (Lipinski definition) is 3. The lowest BCUT2D eigenvalue weighted by Crippen LogP contribution is -2.23. The van der Waals surface area contributed by atoms with Gasteiger partial charge in [-0.2, -0.15) is 0 Å². The lowest BCUT2D eigenvalue weighted by Gasteiger charge is -2.12. The van der Waals surface area contributed by atoms with Crippen molar-refractivity contribution in [3.8, 4) is 11.5 Å². The number of carboxylic acids is 1. The minimum absolute atomic E-state index is 0.00822. The Labute approximate surface area is 121 Å². The highest BCUT2D eigenvalue weighted by atomic mass is 16.4. The van der Waals surface area contributed by atoms with Gasteiger partial charge in [0.25, 0.3) is 0 Å². The number of aliphatic carboxylic acids is 1. The van der Waals surface area contributed by atoms with Crippen molar-refractivity contribution < 1.29 is 24.9 Å². The second-order valence-electron chi connectivity index (χ2n) is 4.67. The van der Waals surface area contributed by atoms with Crippen molar-refractivity contribution in [3.05, 3.63) is 59.7 Å². The fourth-order valence-corrected chi connectivity index (χ4v) is 2.05. The number of carbonyl (C=O) groups excluding carboxylic acids is 1. The molecule has 0 aromatic heterocycles. The van der Waals surface area contributed by atoms with Crippen molar-refractivity contribution >= 4 is 11.8 Å². The van der Waals surface area contributed by atoms with Crippen LogP contribution in [-0.2, 0) is 16.0 Å². The van der Waals surface area contributed by atoms with E-state index in [4.69, 9.17) is 0 Å². The third-order valence-electron chi connectivity index (χ3n) is 3.11. The number of hydrogen-bond acceptors (Lipinski definition) is 4. The first-order valence-corrected chi connectivity index (χ1v) is 6.29. The second-order valence-corrected chi connectivity index (χ2v) is 4.67. The minimum atomic E-state index is -1.28. The van der Waals surface area contributed by atoms with Crippen LogP contribution in [0, 0.1) is 0 Å². The fourth-order valence-electron chi connectivity index (χ4n) is 2.05. The van der Waals surface area contributed by atoms with Crippen molar-refractivity contribution in [2.75, 3.05) is 0 Å². The van der Waals surface area contributed by atoms with Crippen LogP contribution < -0.4 is 0 Å². The molecule has 3 N–H and O–H groups in total. The Hall–Kier alpha value is -2.82. The van der Waals surface area contributed by atoms with Crippen LogP contribution in [0.25, 0.3) is 0 Å². The molecule has 21 heavy (non-hydrogen) atoms. The van der Waals surface area contributed by atoms with Crippen molar-refractivity contribution in [3.63, 3.8) is 0 Å². The molecule has 0 saturated carbocycles. The molecule has 2 aromatic carbocycles. The number of Topliss-reactive ketones (excluding diaryl/α,β-unsaturated/α-hetero) is 1. The molecular formula is C16H14O5. The molecule has 0 amide bonds. The molecule has 0 bridgehead atoms. The van der Waals surface area contributed by atoms with Crippen molar-refractivity contribution in [1.82, 2.24) is 0 Å². The van der Waals surface area contributed by atoms with Gasteiger partial charge >= 0.3 is 5.97 Å². The van der Waals surface area contributed by atoms with E-state index in [2.05, 4.69) is 0 Å². The quantitative estimate of drug-likeness (QED) is 0.731. The zero-order valence-electron chi connectivity index (χ0n) is 11.1. The number of carbonyl (C=O) groups is 2. The monoisotopic (exact) mass is 286 g/mol. The van der Waals surface area contributed by atoms with Gasteiger partial charge in [0, 0.05) is 6.42 Å². The Morgan fingerprint density at radius 3 is 1.81 bits per heavy atom. The Balaban J connectivity index is 2.22. The first kappa shape index (κ1) is 14.6. The molecule has 0 heterocycles. The summed E-state index contributed by atoms with van der Waals surface area (Å²) in [7, 11) is 0. The maximum absolute atomic E-state index is 12.2.